The summed E-state index contributed by atoms with van der Waals surface area (Å²) in [6, 6.07) is 1.95. The summed E-state index contributed by atoms with van der Waals surface area (Å²) in [5.41, 5.74) is -0.406. The quantitative estimate of drug-likeness (QED) is 0.786. The van der Waals surface area contributed by atoms with Gasteiger partial charge in [-0.15, -0.1) is 0 Å². The lowest BCUT2D eigenvalue weighted by molar-refractivity contribution is 0.581. The van der Waals surface area contributed by atoms with E-state index in [2.05, 4.69) is 47.1 Å². The average molecular weight is 381 g/mol. The van der Waals surface area contributed by atoms with Gasteiger partial charge in [0.05, 0.1) is 16.5 Å². The summed E-state index contributed by atoms with van der Waals surface area (Å²) in [5.74, 6) is -1.36. The van der Waals surface area contributed by atoms with Gasteiger partial charge >= 0.3 is 0 Å². The van der Waals surface area contributed by atoms with Gasteiger partial charge in [-0.3, -0.25) is 4.79 Å². The van der Waals surface area contributed by atoms with Gasteiger partial charge in [-0.25, -0.2) is 13.8 Å². The number of nitrogens with zero attached hydrogens (tertiary/aromatic N) is 1. The Bertz CT molecular complexity index is 660. The van der Waals surface area contributed by atoms with E-state index in [1.165, 1.54) is 12.4 Å². The first-order valence-electron chi connectivity index (χ1n) is 4.64. The zero-order chi connectivity index (χ0) is 13.3. The highest BCUT2D eigenvalue weighted by Gasteiger charge is 2.11. The van der Waals surface area contributed by atoms with Gasteiger partial charge in [0.15, 0.2) is 5.82 Å². The smallest absolute Gasteiger partial charge is 0.267 e. The Balaban J connectivity index is 2.43. The number of benzene rings is 1. The van der Waals surface area contributed by atoms with Crippen LogP contribution in [0.4, 0.5) is 20.3 Å². The van der Waals surface area contributed by atoms with Crippen LogP contribution in [0, 0.1) is 11.6 Å². The summed E-state index contributed by atoms with van der Waals surface area (Å²) < 4.78 is 26.8. The van der Waals surface area contributed by atoms with E-state index in [1.807, 2.05) is 0 Å². The Kier molecular flexibility index (Phi) is 3.76. The number of hydrogen-bond acceptors (Lipinski definition) is 3. The number of rotatable bonds is 2. The highest BCUT2D eigenvalue weighted by Crippen LogP contribution is 2.27. The van der Waals surface area contributed by atoms with Gasteiger partial charge in [0.25, 0.3) is 5.56 Å². The SMILES string of the molecule is O=c1[nH]cnc(Nc2cc(Br)c(F)cc2F)c1Br. The van der Waals surface area contributed by atoms with Crippen LogP contribution in [-0.4, -0.2) is 9.97 Å². The van der Waals surface area contributed by atoms with E-state index in [9.17, 15) is 13.6 Å². The molecule has 0 radical (unpaired) electrons. The minimum absolute atomic E-state index is 0.00192. The van der Waals surface area contributed by atoms with Crippen LogP contribution in [0.15, 0.2) is 32.2 Å². The van der Waals surface area contributed by atoms with E-state index in [4.69, 9.17) is 0 Å². The standard InChI is InChI=1S/C10H5Br2F2N3O/c11-4-1-7(6(14)2-5(4)13)17-9-8(12)10(18)16-3-15-9/h1-3H,(H2,15,16,17,18). The van der Waals surface area contributed by atoms with Gasteiger partial charge in [0.1, 0.15) is 16.1 Å². The molecule has 0 spiro atoms. The second-order valence-corrected chi connectivity index (χ2v) is 4.91. The fourth-order valence-corrected chi connectivity index (χ4v) is 1.88. The molecule has 18 heavy (non-hydrogen) atoms. The lowest BCUT2D eigenvalue weighted by Gasteiger charge is -2.08. The van der Waals surface area contributed by atoms with E-state index in [1.54, 1.807) is 0 Å². The lowest BCUT2D eigenvalue weighted by Crippen LogP contribution is -2.10. The molecule has 94 valence electrons. The van der Waals surface area contributed by atoms with E-state index in [-0.39, 0.29) is 20.5 Å². The van der Waals surface area contributed by atoms with Crippen LogP contribution in [0.5, 0.6) is 0 Å². The minimum Gasteiger partial charge on any atom is -0.337 e. The van der Waals surface area contributed by atoms with Crippen molar-refractivity contribution in [3.8, 4) is 0 Å². The minimum atomic E-state index is -0.787. The average Bonchev–Trinajstić information content (AvgIpc) is 2.32. The molecule has 0 saturated heterocycles. The maximum atomic E-state index is 13.5. The molecule has 0 amide bonds. The first-order valence-corrected chi connectivity index (χ1v) is 6.22. The number of nitrogens with one attached hydrogen (secondary N) is 2. The summed E-state index contributed by atoms with van der Waals surface area (Å²) in [6.07, 6.45) is 1.17. The molecule has 1 aromatic carbocycles. The highest BCUT2D eigenvalue weighted by molar-refractivity contribution is 9.10. The van der Waals surface area contributed by atoms with Gasteiger partial charge in [0, 0.05) is 6.07 Å². The lowest BCUT2D eigenvalue weighted by atomic mass is 10.3. The van der Waals surface area contributed by atoms with Crippen LogP contribution in [-0.2, 0) is 0 Å². The Morgan fingerprint density at radius 3 is 2.67 bits per heavy atom. The Hall–Kier alpha value is -1.28. The highest BCUT2D eigenvalue weighted by atomic mass is 79.9. The van der Waals surface area contributed by atoms with Gasteiger partial charge in [-0.05, 0) is 37.9 Å². The Labute approximate surface area is 117 Å². The second-order valence-electron chi connectivity index (χ2n) is 3.27. The van der Waals surface area contributed by atoms with E-state index in [0.29, 0.717) is 0 Å². The first-order chi connectivity index (χ1) is 8.49. The number of anilines is 2. The molecule has 2 rings (SSSR count). The van der Waals surface area contributed by atoms with Gasteiger partial charge in [0.2, 0.25) is 0 Å². The molecule has 4 nitrogen and oxygen atoms in total. The number of aromatic amines is 1. The van der Waals surface area contributed by atoms with Crippen LogP contribution in [0.25, 0.3) is 0 Å². The summed E-state index contributed by atoms with van der Waals surface area (Å²) >= 11 is 5.96. The van der Waals surface area contributed by atoms with Crippen molar-refractivity contribution >= 4 is 43.4 Å². The van der Waals surface area contributed by atoms with Crippen molar-refractivity contribution < 1.29 is 8.78 Å². The van der Waals surface area contributed by atoms with Crippen LogP contribution < -0.4 is 10.9 Å². The fourth-order valence-electron chi connectivity index (χ4n) is 1.22. The summed E-state index contributed by atoms with van der Waals surface area (Å²) in [4.78, 5) is 17.5. The molecule has 0 aliphatic rings. The topological polar surface area (TPSA) is 57.8 Å². The summed E-state index contributed by atoms with van der Waals surface area (Å²) in [6.45, 7) is 0. The van der Waals surface area contributed by atoms with Crippen molar-refractivity contribution in [2.75, 3.05) is 5.32 Å². The normalized spacial score (nSPS) is 10.4. The van der Waals surface area contributed by atoms with Crippen LogP contribution in [0.2, 0.25) is 0 Å². The van der Waals surface area contributed by atoms with Crippen molar-refractivity contribution in [3.63, 3.8) is 0 Å². The van der Waals surface area contributed by atoms with E-state index in [0.717, 1.165) is 6.07 Å². The van der Waals surface area contributed by atoms with Gasteiger partial charge in [-0.2, -0.15) is 0 Å². The molecule has 0 aliphatic heterocycles. The van der Waals surface area contributed by atoms with Crippen molar-refractivity contribution in [1.82, 2.24) is 9.97 Å². The molecule has 0 fully saturated rings. The molecule has 0 atom stereocenters. The molecule has 1 aromatic heterocycles. The summed E-state index contributed by atoms with van der Waals surface area (Å²) in [7, 11) is 0. The summed E-state index contributed by atoms with van der Waals surface area (Å²) in [5, 5.41) is 2.60. The maximum Gasteiger partial charge on any atom is 0.267 e. The third kappa shape index (κ3) is 2.59. The molecular weight excluding hydrogens is 376 g/mol. The molecule has 0 unspecified atom stereocenters. The maximum absolute atomic E-state index is 13.5. The molecule has 2 aromatic rings. The number of aromatic nitrogens is 2. The predicted molar refractivity (Wildman–Crippen MR) is 69.9 cm³/mol. The van der Waals surface area contributed by atoms with Gasteiger partial charge in [-0.1, -0.05) is 0 Å². The number of hydrogen-bond donors (Lipinski definition) is 2. The monoisotopic (exact) mass is 379 g/mol. The van der Waals surface area contributed by atoms with Crippen molar-refractivity contribution in [1.29, 1.82) is 0 Å². The number of halogens is 4. The van der Waals surface area contributed by atoms with E-state index < -0.39 is 17.2 Å². The fraction of sp³-hybridized carbons (Fsp3) is 0. The second kappa shape index (κ2) is 5.15. The molecule has 1 heterocycles. The van der Waals surface area contributed by atoms with E-state index >= 15 is 0 Å². The van der Waals surface area contributed by atoms with Gasteiger partial charge < -0.3 is 10.3 Å². The first kappa shape index (κ1) is 13.2. The largest absolute Gasteiger partial charge is 0.337 e. The molecular formula is C10H5Br2F2N3O. The molecule has 0 aliphatic carbocycles. The van der Waals surface area contributed by atoms with Crippen molar-refractivity contribution in [3.05, 3.63) is 49.4 Å². The zero-order valence-electron chi connectivity index (χ0n) is 8.60. The predicted octanol–water partition coefficient (Wildman–Crippen LogP) is 3.32. The van der Waals surface area contributed by atoms with Crippen molar-refractivity contribution in [2.24, 2.45) is 0 Å². The molecule has 0 bridgehead atoms. The molecule has 2 N–H and O–H groups in total. The Morgan fingerprint density at radius 1 is 1.22 bits per heavy atom. The molecule has 0 saturated carbocycles. The molecule has 8 heteroatoms. The number of H-pyrrole nitrogens is 1. The Morgan fingerprint density at radius 2 is 1.94 bits per heavy atom. The third-order valence-corrected chi connectivity index (χ3v) is 3.40. The van der Waals surface area contributed by atoms with Crippen LogP contribution in [0.1, 0.15) is 0 Å². The van der Waals surface area contributed by atoms with Crippen LogP contribution in [0.3, 0.4) is 0 Å². The van der Waals surface area contributed by atoms with Crippen molar-refractivity contribution in [2.45, 2.75) is 0 Å². The van der Waals surface area contributed by atoms with Crippen LogP contribution >= 0.6 is 31.9 Å². The zero-order valence-corrected chi connectivity index (χ0v) is 11.8. The third-order valence-electron chi connectivity index (χ3n) is 2.06.